The largest absolute Gasteiger partial charge is 0.455 e. The minimum Gasteiger partial charge on any atom is -0.455 e. The van der Waals surface area contributed by atoms with Gasteiger partial charge in [-0.2, -0.15) is 5.10 Å². The summed E-state index contributed by atoms with van der Waals surface area (Å²) in [4.78, 5) is 4.53. The Bertz CT molecular complexity index is 1200. The molecule has 0 spiro atoms. The van der Waals surface area contributed by atoms with E-state index in [1.807, 2.05) is 30.3 Å². The van der Waals surface area contributed by atoms with Crippen LogP contribution in [0.15, 0.2) is 84.1 Å². The Morgan fingerprint density at radius 3 is 2.59 bits per heavy atom. The van der Waals surface area contributed by atoms with Gasteiger partial charge in [-0.3, -0.25) is 9.67 Å². The summed E-state index contributed by atoms with van der Waals surface area (Å²) < 4.78 is 35.5. The summed E-state index contributed by atoms with van der Waals surface area (Å²) in [5.74, 6) is 1.15. The summed E-state index contributed by atoms with van der Waals surface area (Å²) in [7, 11) is -3.65. The van der Waals surface area contributed by atoms with Gasteiger partial charge >= 0.3 is 0 Å². The molecule has 1 N–H and O–H groups in total. The molecule has 148 valence electrons. The number of benzene rings is 2. The monoisotopic (exact) mass is 408 g/mol. The zero-order chi connectivity index (χ0) is 20.3. The third-order valence-electron chi connectivity index (χ3n) is 4.33. The van der Waals surface area contributed by atoms with Crippen molar-refractivity contribution >= 4 is 20.9 Å². The van der Waals surface area contributed by atoms with Crippen molar-refractivity contribution in [2.75, 3.05) is 0 Å². The topological polar surface area (TPSA) is 86.1 Å². The number of nitrogens with one attached hydrogen (secondary N) is 1. The highest BCUT2D eigenvalue weighted by molar-refractivity contribution is 7.89. The van der Waals surface area contributed by atoms with Gasteiger partial charge in [-0.25, -0.2) is 13.1 Å². The van der Waals surface area contributed by atoms with Gasteiger partial charge in [-0.15, -0.1) is 0 Å². The highest BCUT2D eigenvalue weighted by atomic mass is 32.2. The Labute approximate surface area is 169 Å². The van der Waals surface area contributed by atoms with Crippen LogP contribution in [-0.2, 0) is 16.6 Å². The van der Waals surface area contributed by atoms with E-state index in [1.54, 1.807) is 48.4 Å². The Hall–Kier alpha value is -3.23. The fourth-order valence-electron chi connectivity index (χ4n) is 3.03. The van der Waals surface area contributed by atoms with E-state index in [0.29, 0.717) is 18.0 Å². The Kier molecular flexibility index (Phi) is 5.28. The quantitative estimate of drug-likeness (QED) is 0.505. The van der Waals surface area contributed by atoms with Crippen molar-refractivity contribution in [1.82, 2.24) is 19.5 Å². The predicted molar refractivity (Wildman–Crippen MR) is 110 cm³/mol. The summed E-state index contributed by atoms with van der Waals surface area (Å²) >= 11 is 0. The molecule has 0 radical (unpaired) electrons. The normalized spacial score (nSPS) is 12.7. The first kappa shape index (κ1) is 19.1. The summed E-state index contributed by atoms with van der Waals surface area (Å²) in [6.07, 6.45) is 5.16. The standard InChI is InChI=1S/C21H20N4O3S/c1-16(15-25-14-4-13-23-25)24-29(26,27)19-10-8-18(9-11-19)28-20-7-2-5-17-6-3-12-22-21(17)20/h2-14,16,24H,15H2,1H3/t16-/m0/s1. The average Bonchev–Trinajstić information content (AvgIpc) is 3.21. The first-order chi connectivity index (χ1) is 14.0. The van der Waals surface area contributed by atoms with Crippen molar-refractivity contribution in [1.29, 1.82) is 0 Å². The maximum atomic E-state index is 12.6. The number of rotatable bonds is 7. The van der Waals surface area contributed by atoms with Crippen LogP contribution in [0.5, 0.6) is 11.5 Å². The second kappa shape index (κ2) is 8.02. The zero-order valence-electron chi connectivity index (χ0n) is 15.8. The number of pyridine rings is 1. The molecule has 0 amide bonds. The molecule has 8 heteroatoms. The van der Waals surface area contributed by atoms with Gasteiger partial charge in [0.15, 0.2) is 5.75 Å². The van der Waals surface area contributed by atoms with Gasteiger partial charge in [0, 0.05) is 30.0 Å². The van der Waals surface area contributed by atoms with Crippen molar-refractivity contribution in [3.8, 4) is 11.5 Å². The van der Waals surface area contributed by atoms with E-state index in [9.17, 15) is 8.42 Å². The van der Waals surface area contributed by atoms with Crippen LogP contribution < -0.4 is 9.46 Å². The molecule has 0 aliphatic rings. The SMILES string of the molecule is C[C@@H](Cn1cccn1)NS(=O)(=O)c1ccc(Oc2cccc3cccnc23)cc1. The van der Waals surface area contributed by atoms with Gasteiger partial charge in [-0.1, -0.05) is 18.2 Å². The van der Waals surface area contributed by atoms with E-state index in [4.69, 9.17) is 4.74 Å². The Balaban J connectivity index is 1.48. The molecule has 4 aromatic rings. The second-order valence-electron chi connectivity index (χ2n) is 6.66. The average molecular weight is 408 g/mol. The van der Waals surface area contributed by atoms with Crippen LogP contribution in [0.4, 0.5) is 0 Å². The van der Waals surface area contributed by atoms with Crippen molar-refractivity contribution in [2.24, 2.45) is 0 Å². The van der Waals surface area contributed by atoms with E-state index < -0.39 is 10.0 Å². The van der Waals surface area contributed by atoms with Crippen LogP contribution in [0.3, 0.4) is 0 Å². The summed E-state index contributed by atoms with van der Waals surface area (Å²) in [5.41, 5.74) is 0.751. The van der Waals surface area contributed by atoms with E-state index in [-0.39, 0.29) is 10.9 Å². The van der Waals surface area contributed by atoms with Crippen molar-refractivity contribution in [3.05, 3.63) is 79.3 Å². The second-order valence-corrected chi connectivity index (χ2v) is 8.37. The van der Waals surface area contributed by atoms with Gasteiger partial charge < -0.3 is 4.74 Å². The molecule has 0 saturated carbocycles. The number of sulfonamides is 1. The number of hydrogen-bond donors (Lipinski definition) is 1. The molecule has 0 aliphatic carbocycles. The number of nitrogens with zero attached hydrogens (tertiary/aromatic N) is 3. The lowest BCUT2D eigenvalue weighted by Crippen LogP contribution is -2.35. The lowest BCUT2D eigenvalue weighted by Gasteiger charge is -2.15. The fraction of sp³-hybridized carbons (Fsp3) is 0.143. The number of aromatic nitrogens is 3. The minimum absolute atomic E-state index is 0.174. The van der Waals surface area contributed by atoms with Gasteiger partial charge in [0.05, 0.1) is 11.4 Å². The fourth-order valence-corrected chi connectivity index (χ4v) is 4.27. The van der Waals surface area contributed by atoms with E-state index in [0.717, 1.165) is 10.9 Å². The van der Waals surface area contributed by atoms with Crippen molar-refractivity contribution < 1.29 is 13.2 Å². The van der Waals surface area contributed by atoms with Crippen LogP contribution in [0, 0.1) is 0 Å². The molecule has 0 aliphatic heterocycles. The maximum absolute atomic E-state index is 12.6. The van der Waals surface area contributed by atoms with Crippen LogP contribution in [0.25, 0.3) is 10.9 Å². The Morgan fingerprint density at radius 2 is 1.83 bits per heavy atom. The number of ether oxygens (including phenoxy) is 1. The first-order valence-corrected chi connectivity index (χ1v) is 10.6. The highest BCUT2D eigenvalue weighted by Gasteiger charge is 2.18. The molecule has 2 aromatic heterocycles. The molecule has 0 unspecified atom stereocenters. The third-order valence-corrected chi connectivity index (χ3v) is 5.94. The zero-order valence-corrected chi connectivity index (χ0v) is 16.6. The summed E-state index contributed by atoms with van der Waals surface area (Å²) in [5, 5.41) is 5.06. The van der Waals surface area contributed by atoms with Crippen LogP contribution in [0.2, 0.25) is 0 Å². The lowest BCUT2D eigenvalue weighted by molar-refractivity contribution is 0.486. The molecular weight excluding hydrogens is 388 g/mol. The third kappa shape index (κ3) is 4.44. The van der Waals surface area contributed by atoms with Gasteiger partial charge in [0.1, 0.15) is 11.3 Å². The van der Waals surface area contributed by atoms with Crippen LogP contribution in [-0.4, -0.2) is 29.2 Å². The molecule has 1 atom stereocenters. The molecule has 7 nitrogen and oxygen atoms in total. The summed E-state index contributed by atoms with van der Waals surface area (Å²) in [6.45, 7) is 2.24. The minimum atomic E-state index is -3.65. The van der Waals surface area contributed by atoms with E-state index in [1.165, 1.54) is 12.1 Å². The van der Waals surface area contributed by atoms with Crippen molar-refractivity contribution in [3.63, 3.8) is 0 Å². The number of hydrogen-bond acceptors (Lipinski definition) is 5. The molecule has 0 bridgehead atoms. The van der Waals surface area contributed by atoms with Gasteiger partial charge in [-0.05, 0) is 49.4 Å². The number of fused-ring (bicyclic) bond motifs is 1. The van der Waals surface area contributed by atoms with Gasteiger partial charge in [0.25, 0.3) is 0 Å². The molecule has 2 aromatic carbocycles. The van der Waals surface area contributed by atoms with E-state index in [2.05, 4.69) is 14.8 Å². The smallest absolute Gasteiger partial charge is 0.240 e. The molecule has 0 fully saturated rings. The molecule has 4 rings (SSSR count). The first-order valence-electron chi connectivity index (χ1n) is 9.13. The Morgan fingerprint density at radius 1 is 1.03 bits per heavy atom. The number of para-hydroxylation sites is 1. The molecule has 2 heterocycles. The molecule has 0 saturated heterocycles. The predicted octanol–water partition coefficient (Wildman–Crippen LogP) is 3.59. The van der Waals surface area contributed by atoms with Gasteiger partial charge in [0.2, 0.25) is 10.0 Å². The van der Waals surface area contributed by atoms with Crippen molar-refractivity contribution in [2.45, 2.75) is 24.4 Å². The maximum Gasteiger partial charge on any atom is 0.240 e. The lowest BCUT2D eigenvalue weighted by atomic mass is 10.2. The van der Waals surface area contributed by atoms with Crippen LogP contribution >= 0.6 is 0 Å². The van der Waals surface area contributed by atoms with Crippen LogP contribution in [0.1, 0.15) is 6.92 Å². The molecule has 29 heavy (non-hydrogen) atoms. The molecular formula is C21H20N4O3S. The summed E-state index contributed by atoms with van der Waals surface area (Å²) in [6, 6.07) is 17.3. The highest BCUT2D eigenvalue weighted by Crippen LogP contribution is 2.28. The van der Waals surface area contributed by atoms with E-state index >= 15 is 0 Å².